The molecule has 0 aromatic carbocycles. The number of aryl methyl sites for hydroxylation is 1. The van der Waals surface area contributed by atoms with Gasteiger partial charge in [0.1, 0.15) is 17.6 Å². The van der Waals surface area contributed by atoms with Crippen LogP contribution in [-0.2, 0) is 22.7 Å². The Labute approximate surface area is 132 Å². The van der Waals surface area contributed by atoms with Crippen LogP contribution in [0.4, 0.5) is 0 Å². The van der Waals surface area contributed by atoms with E-state index in [2.05, 4.69) is 5.32 Å². The van der Waals surface area contributed by atoms with Crippen molar-refractivity contribution < 1.29 is 14.0 Å². The second kappa shape index (κ2) is 6.36. The third-order valence-corrected chi connectivity index (χ3v) is 4.63. The molecule has 0 unspecified atom stereocenters. The average molecular weight is 318 g/mol. The number of hydrogen-bond donors (Lipinski definition) is 1. The molecule has 5 nitrogen and oxygen atoms in total. The molecule has 0 saturated carbocycles. The number of nitrogens with zero attached hydrogens (tertiary/aromatic N) is 1. The quantitative estimate of drug-likeness (QED) is 0.921. The van der Waals surface area contributed by atoms with Crippen molar-refractivity contribution in [2.45, 2.75) is 38.9 Å². The van der Waals surface area contributed by atoms with Crippen molar-refractivity contribution in [1.82, 2.24) is 10.2 Å². The third-order valence-electron chi connectivity index (χ3n) is 3.77. The van der Waals surface area contributed by atoms with Crippen LogP contribution < -0.4 is 5.32 Å². The number of hydrogen-bond acceptors (Lipinski definition) is 4. The highest BCUT2D eigenvalue weighted by molar-refractivity contribution is 7.09. The van der Waals surface area contributed by atoms with Crippen LogP contribution in [0, 0.1) is 6.92 Å². The predicted molar refractivity (Wildman–Crippen MR) is 83.2 cm³/mol. The Morgan fingerprint density at radius 3 is 3.00 bits per heavy atom. The minimum Gasteiger partial charge on any atom is -0.465 e. The first-order chi connectivity index (χ1) is 10.6. The second-order valence-corrected chi connectivity index (χ2v) is 6.42. The predicted octanol–water partition coefficient (Wildman–Crippen LogP) is 2.46. The van der Waals surface area contributed by atoms with Crippen LogP contribution in [0.3, 0.4) is 0 Å². The molecule has 1 atom stereocenters. The van der Waals surface area contributed by atoms with Gasteiger partial charge in [-0.05, 0) is 36.9 Å². The van der Waals surface area contributed by atoms with E-state index in [0.29, 0.717) is 25.9 Å². The highest BCUT2D eigenvalue weighted by Crippen LogP contribution is 2.23. The highest BCUT2D eigenvalue weighted by atomic mass is 32.1. The van der Waals surface area contributed by atoms with E-state index in [1.165, 1.54) is 0 Å². The van der Waals surface area contributed by atoms with Crippen molar-refractivity contribution in [2.75, 3.05) is 0 Å². The number of thiophene rings is 1. The molecule has 0 spiro atoms. The van der Waals surface area contributed by atoms with Crippen LogP contribution >= 0.6 is 11.3 Å². The molecule has 0 aliphatic carbocycles. The lowest BCUT2D eigenvalue weighted by Crippen LogP contribution is -2.43. The van der Waals surface area contributed by atoms with E-state index in [4.69, 9.17) is 4.42 Å². The fraction of sp³-hybridized carbons (Fsp3) is 0.375. The molecule has 1 saturated heterocycles. The van der Waals surface area contributed by atoms with Gasteiger partial charge in [0.05, 0.1) is 13.1 Å². The van der Waals surface area contributed by atoms with Crippen molar-refractivity contribution in [1.29, 1.82) is 0 Å². The highest BCUT2D eigenvalue weighted by Gasteiger charge is 2.35. The lowest BCUT2D eigenvalue weighted by atomic mass is 10.2. The summed E-state index contributed by atoms with van der Waals surface area (Å²) >= 11 is 1.60. The molecule has 1 aliphatic heterocycles. The monoisotopic (exact) mass is 318 g/mol. The number of amides is 2. The van der Waals surface area contributed by atoms with Crippen molar-refractivity contribution in [2.24, 2.45) is 0 Å². The summed E-state index contributed by atoms with van der Waals surface area (Å²) in [7, 11) is 0. The normalized spacial score (nSPS) is 18.0. The maximum atomic E-state index is 12.4. The minimum absolute atomic E-state index is 0.0439. The summed E-state index contributed by atoms with van der Waals surface area (Å²) in [6.45, 7) is 2.72. The largest absolute Gasteiger partial charge is 0.465 e. The number of rotatable bonds is 5. The van der Waals surface area contributed by atoms with E-state index < -0.39 is 0 Å². The Balaban J connectivity index is 1.61. The number of nitrogens with one attached hydrogen (secondary N) is 1. The van der Waals surface area contributed by atoms with Crippen molar-refractivity contribution in [3.05, 3.63) is 46.0 Å². The van der Waals surface area contributed by atoms with Gasteiger partial charge in [-0.2, -0.15) is 0 Å². The summed E-state index contributed by atoms with van der Waals surface area (Å²) in [6.07, 6.45) is 1.01. The lowest BCUT2D eigenvalue weighted by molar-refractivity contribution is -0.135. The van der Waals surface area contributed by atoms with Gasteiger partial charge in [-0.15, -0.1) is 11.3 Å². The first kappa shape index (κ1) is 14.8. The van der Waals surface area contributed by atoms with Crippen LogP contribution in [-0.4, -0.2) is 22.8 Å². The lowest BCUT2D eigenvalue weighted by Gasteiger charge is -2.23. The van der Waals surface area contributed by atoms with Crippen molar-refractivity contribution >= 4 is 23.2 Å². The molecule has 1 N–H and O–H groups in total. The summed E-state index contributed by atoms with van der Waals surface area (Å²) in [5.41, 5.74) is 0. The molecular formula is C16H18N2O3S. The molecule has 3 rings (SSSR count). The molecule has 116 valence electrons. The number of carbonyl (C=O) groups is 2. The first-order valence-electron chi connectivity index (χ1n) is 7.28. The Kier molecular flexibility index (Phi) is 4.29. The van der Waals surface area contributed by atoms with Crippen LogP contribution in [0.15, 0.2) is 34.1 Å². The van der Waals surface area contributed by atoms with Gasteiger partial charge in [0.25, 0.3) is 0 Å². The molecule has 1 fully saturated rings. The summed E-state index contributed by atoms with van der Waals surface area (Å²) in [6, 6.07) is 7.26. The molecule has 0 radical (unpaired) electrons. The average Bonchev–Trinajstić information content (AvgIpc) is 3.21. The fourth-order valence-electron chi connectivity index (χ4n) is 2.65. The van der Waals surface area contributed by atoms with Crippen LogP contribution in [0.2, 0.25) is 0 Å². The maximum Gasteiger partial charge on any atom is 0.243 e. The van der Waals surface area contributed by atoms with Gasteiger partial charge >= 0.3 is 0 Å². The van der Waals surface area contributed by atoms with E-state index in [9.17, 15) is 9.59 Å². The van der Waals surface area contributed by atoms with Crippen molar-refractivity contribution in [3.63, 3.8) is 0 Å². The van der Waals surface area contributed by atoms with E-state index in [1.54, 1.807) is 16.2 Å². The molecule has 2 amide bonds. The summed E-state index contributed by atoms with van der Waals surface area (Å²) < 4.78 is 5.44. The third kappa shape index (κ3) is 3.22. The molecule has 2 aromatic rings. The van der Waals surface area contributed by atoms with E-state index >= 15 is 0 Å². The summed E-state index contributed by atoms with van der Waals surface area (Å²) in [5, 5.41) is 4.84. The van der Waals surface area contributed by atoms with Gasteiger partial charge in [0.2, 0.25) is 11.8 Å². The van der Waals surface area contributed by atoms with Crippen LogP contribution in [0.1, 0.15) is 29.2 Å². The van der Waals surface area contributed by atoms with Crippen LogP contribution in [0.25, 0.3) is 0 Å². The van der Waals surface area contributed by atoms with Gasteiger partial charge in [-0.1, -0.05) is 6.07 Å². The van der Waals surface area contributed by atoms with Gasteiger partial charge in [0, 0.05) is 11.3 Å². The van der Waals surface area contributed by atoms with Crippen molar-refractivity contribution in [3.8, 4) is 0 Å². The Morgan fingerprint density at radius 2 is 2.32 bits per heavy atom. The topological polar surface area (TPSA) is 62.6 Å². The van der Waals surface area contributed by atoms with E-state index in [-0.39, 0.29) is 17.9 Å². The first-order valence-corrected chi connectivity index (χ1v) is 8.16. The molecule has 6 heteroatoms. The molecule has 1 aliphatic rings. The standard InChI is InChI=1S/C16H18N2O3S/c1-11-4-5-12(21-11)9-17-16(20)14-6-7-15(19)18(14)10-13-3-2-8-22-13/h2-5,8,14H,6-7,9-10H2,1H3,(H,17,20)/t14-/m0/s1. The molecule has 2 aromatic heterocycles. The molecule has 3 heterocycles. The van der Waals surface area contributed by atoms with Gasteiger partial charge in [-0.3, -0.25) is 9.59 Å². The smallest absolute Gasteiger partial charge is 0.243 e. The fourth-order valence-corrected chi connectivity index (χ4v) is 3.35. The second-order valence-electron chi connectivity index (χ2n) is 5.39. The number of carbonyl (C=O) groups excluding carboxylic acids is 2. The zero-order chi connectivity index (χ0) is 15.5. The summed E-state index contributed by atoms with van der Waals surface area (Å²) in [4.78, 5) is 27.2. The molecule has 22 heavy (non-hydrogen) atoms. The SMILES string of the molecule is Cc1ccc(CNC(=O)[C@@H]2CCC(=O)N2Cc2cccs2)o1. The molecular weight excluding hydrogens is 300 g/mol. The Morgan fingerprint density at radius 1 is 1.45 bits per heavy atom. The van der Waals surface area contributed by atoms with E-state index in [0.717, 1.165) is 16.4 Å². The number of likely N-dealkylation sites (tertiary alicyclic amines) is 1. The Bertz CT molecular complexity index is 663. The number of furan rings is 1. The maximum absolute atomic E-state index is 12.4. The zero-order valence-electron chi connectivity index (χ0n) is 12.4. The van der Waals surface area contributed by atoms with Gasteiger partial charge < -0.3 is 14.6 Å². The Hall–Kier alpha value is -2.08. The zero-order valence-corrected chi connectivity index (χ0v) is 13.2. The summed E-state index contributed by atoms with van der Waals surface area (Å²) in [5.74, 6) is 1.47. The van der Waals surface area contributed by atoms with Gasteiger partial charge in [0.15, 0.2) is 0 Å². The minimum atomic E-state index is -0.384. The van der Waals surface area contributed by atoms with Gasteiger partial charge in [-0.25, -0.2) is 0 Å². The molecule has 0 bridgehead atoms. The van der Waals surface area contributed by atoms with E-state index in [1.807, 2.05) is 36.6 Å². The van der Waals surface area contributed by atoms with Crippen LogP contribution in [0.5, 0.6) is 0 Å².